The Hall–Kier alpha value is -1.39. The predicted octanol–water partition coefficient (Wildman–Crippen LogP) is 3.88. The minimum Gasteiger partial charge on any atom is -0.381 e. The van der Waals surface area contributed by atoms with Crippen molar-refractivity contribution >= 4 is 11.4 Å². The van der Waals surface area contributed by atoms with Crippen LogP contribution in [0.3, 0.4) is 0 Å². The van der Waals surface area contributed by atoms with Gasteiger partial charge in [-0.2, -0.15) is 13.2 Å². The second kappa shape index (κ2) is 4.05. The lowest BCUT2D eigenvalue weighted by Gasteiger charge is -2.45. The highest BCUT2D eigenvalue weighted by molar-refractivity contribution is 5.74. The summed E-state index contributed by atoms with van der Waals surface area (Å²) in [6.07, 6.45) is 0.329. The number of anilines is 2. The lowest BCUT2D eigenvalue weighted by Crippen LogP contribution is -2.52. The van der Waals surface area contributed by atoms with Gasteiger partial charge in [-0.3, -0.25) is 0 Å². The van der Waals surface area contributed by atoms with Crippen LogP contribution in [0.5, 0.6) is 0 Å². The number of likely N-dealkylation sites (N-methyl/N-ethyl adjacent to an activating group) is 1. The first kappa shape index (κ1) is 12.6. The third-order valence-electron chi connectivity index (χ3n) is 4.54. The molecular formula is C14H17F3N2. The summed E-state index contributed by atoms with van der Waals surface area (Å²) in [5.41, 5.74) is 0.970. The number of halogens is 3. The Morgan fingerprint density at radius 1 is 1.21 bits per heavy atom. The predicted molar refractivity (Wildman–Crippen MR) is 69.5 cm³/mol. The fourth-order valence-corrected chi connectivity index (χ4v) is 3.33. The molecule has 1 aromatic rings. The molecule has 0 amide bonds. The van der Waals surface area contributed by atoms with Gasteiger partial charge in [-0.1, -0.05) is 12.8 Å². The summed E-state index contributed by atoms with van der Waals surface area (Å²) in [4.78, 5) is 2.17. The van der Waals surface area contributed by atoms with Crippen LogP contribution in [0, 0.1) is 0 Å². The topological polar surface area (TPSA) is 15.3 Å². The fraction of sp³-hybridized carbons (Fsp3) is 0.571. The Bertz CT molecular complexity index is 490. The van der Waals surface area contributed by atoms with E-state index in [1.165, 1.54) is 25.0 Å². The molecule has 2 aliphatic rings. The molecule has 1 spiro atoms. The number of rotatable bonds is 0. The highest BCUT2D eigenvalue weighted by Crippen LogP contribution is 2.44. The summed E-state index contributed by atoms with van der Waals surface area (Å²) in [6, 6.07) is 3.98. The summed E-state index contributed by atoms with van der Waals surface area (Å²) in [5.74, 6) is 0. The third kappa shape index (κ3) is 1.95. The van der Waals surface area contributed by atoms with Crippen molar-refractivity contribution in [2.45, 2.75) is 37.4 Å². The van der Waals surface area contributed by atoms with E-state index in [2.05, 4.69) is 10.2 Å². The van der Waals surface area contributed by atoms with Crippen molar-refractivity contribution in [3.8, 4) is 0 Å². The van der Waals surface area contributed by atoms with Crippen LogP contribution < -0.4 is 10.2 Å². The Morgan fingerprint density at radius 3 is 2.53 bits per heavy atom. The Morgan fingerprint density at radius 2 is 1.89 bits per heavy atom. The molecule has 1 aliphatic carbocycles. The fourth-order valence-electron chi connectivity index (χ4n) is 3.33. The van der Waals surface area contributed by atoms with E-state index in [0.717, 1.165) is 25.1 Å². The number of hydrogen-bond donors (Lipinski definition) is 1. The van der Waals surface area contributed by atoms with Crippen molar-refractivity contribution in [2.75, 3.05) is 23.8 Å². The second-order valence-electron chi connectivity index (χ2n) is 5.57. The molecule has 104 valence electrons. The van der Waals surface area contributed by atoms with E-state index < -0.39 is 11.7 Å². The van der Waals surface area contributed by atoms with Crippen molar-refractivity contribution in [3.63, 3.8) is 0 Å². The van der Waals surface area contributed by atoms with Gasteiger partial charge in [0.25, 0.3) is 0 Å². The number of hydrogen-bond acceptors (Lipinski definition) is 2. The minimum atomic E-state index is -4.28. The first-order chi connectivity index (χ1) is 8.92. The molecule has 0 radical (unpaired) electrons. The van der Waals surface area contributed by atoms with E-state index >= 15 is 0 Å². The van der Waals surface area contributed by atoms with Gasteiger partial charge in [0.2, 0.25) is 0 Å². The monoisotopic (exact) mass is 270 g/mol. The molecule has 2 nitrogen and oxygen atoms in total. The molecule has 1 aliphatic heterocycles. The van der Waals surface area contributed by atoms with Crippen molar-refractivity contribution in [1.29, 1.82) is 0 Å². The third-order valence-corrected chi connectivity index (χ3v) is 4.54. The van der Waals surface area contributed by atoms with Gasteiger partial charge in [0, 0.05) is 13.6 Å². The van der Waals surface area contributed by atoms with E-state index in [1.807, 2.05) is 7.05 Å². The standard InChI is InChI=1S/C14H17F3N2/c1-19-12-5-4-10(14(15,16)17)8-11(12)18-9-13(19)6-2-3-7-13/h4-5,8,18H,2-3,6-7,9H2,1H3. The lowest BCUT2D eigenvalue weighted by molar-refractivity contribution is -0.137. The molecule has 5 heteroatoms. The van der Waals surface area contributed by atoms with Gasteiger partial charge in [-0.05, 0) is 31.0 Å². The number of benzene rings is 1. The molecule has 19 heavy (non-hydrogen) atoms. The summed E-state index contributed by atoms with van der Waals surface area (Å²) in [6.45, 7) is 0.734. The van der Waals surface area contributed by atoms with Crippen LogP contribution in [-0.2, 0) is 6.18 Å². The lowest BCUT2D eigenvalue weighted by atomic mass is 9.91. The maximum atomic E-state index is 12.7. The van der Waals surface area contributed by atoms with Gasteiger partial charge in [0.1, 0.15) is 0 Å². The van der Waals surface area contributed by atoms with Crippen LogP contribution in [0.2, 0.25) is 0 Å². The van der Waals surface area contributed by atoms with Gasteiger partial charge in [0.15, 0.2) is 0 Å². The maximum Gasteiger partial charge on any atom is 0.416 e. The van der Waals surface area contributed by atoms with Crippen molar-refractivity contribution in [1.82, 2.24) is 0 Å². The zero-order valence-corrected chi connectivity index (χ0v) is 10.8. The normalized spacial score (nSPS) is 21.4. The van der Waals surface area contributed by atoms with Gasteiger partial charge in [-0.25, -0.2) is 0 Å². The zero-order valence-electron chi connectivity index (χ0n) is 10.8. The van der Waals surface area contributed by atoms with Gasteiger partial charge >= 0.3 is 6.18 Å². The van der Waals surface area contributed by atoms with E-state index in [4.69, 9.17) is 0 Å². The van der Waals surface area contributed by atoms with Crippen LogP contribution in [0.1, 0.15) is 31.2 Å². The first-order valence-corrected chi connectivity index (χ1v) is 6.61. The van der Waals surface area contributed by atoms with Crippen LogP contribution in [0.4, 0.5) is 24.5 Å². The number of fused-ring (bicyclic) bond motifs is 1. The molecule has 1 saturated carbocycles. The average Bonchev–Trinajstić information content (AvgIpc) is 2.83. The van der Waals surface area contributed by atoms with Crippen LogP contribution in [-0.4, -0.2) is 19.1 Å². The quantitative estimate of drug-likeness (QED) is 0.769. The molecule has 3 rings (SSSR count). The zero-order chi connectivity index (χ0) is 13.7. The molecule has 1 fully saturated rings. The summed E-state index contributed by atoms with van der Waals surface area (Å²) < 4.78 is 38.1. The van der Waals surface area contributed by atoms with Crippen molar-refractivity contribution < 1.29 is 13.2 Å². The molecule has 1 N–H and O–H groups in total. The van der Waals surface area contributed by atoms with Gasteiger partial charge in [-0.15, -0.1) is 0 Å². The highest BCUT2D eigenvalue weighted by atomic mass is 19.4. The number of alkyl halides is 3. The molecule has 0 unspecified atom stereocenters. The molecule has 0 atom stereocenters. The van der Waals surface area contributed by atoms with E-state index in [9.17, 15) is 13.2 Å². The molecule has 0 aromatic heterocycles. The van der Waals surface area contributed by atoms with Crippen molar-refractivity contribution in [3.05, 3.63) is 23.8 Å². The van der Waals surface area contributed by atoms with E-state index in [-0.39, 0.29) is 5.54 Å². The van der Waals surface area contributed by atoms with Crippen LogP contribution in [0.15, 0.2) is 18.2 Å². The summed E-state index contributed by atoms with van der Waals surface area (Å²) >= 11 is 0. The summed E-state index contributed by atoms with van der Waals surface area (Å²) in [7, 11) is 2.00. The summed E-state index contributed by atoms with van der Waals surface area (Å²) in [5, 5.41) is 3.20. The SMILES string of the molecule is CN1c2ccc(C(F)(F)F)cc2NCC12CCCC2. The second-order valence-corrected chi connectivity index (χ2v) is 5.57. The Kier molecular flexibility index (Phi) is 2.69. The van der Waals surface area contributed by atoms with Gasteiger partial charge < -0.3 is 10.2 Å². The van der Waals surface area contributed by atoms with E-state index in [1.54, 1.807) is 6.07 Å². The number of nitrogens with zero attached hydrogens (tertiary/aromatic N) is 1. The van der Waals surface area contributed by atoms with E-state index in [0.29, 0.717) is 5.69 Å². The van der Waals surface area contributed by atoms with Crippen LogP contribution >= 0.6 is 0 Å². The smallest absolute Gasteiger partial charge is 0.381 e. The van der Waals surface area contributed by atoms with Crippen LogP contribution in [0.25, 0.3) is 0 Å². The minimum absolute atomic E-state index is 0.0900. The molecule has 1 heterocycles. The maximum absolute atomic E-state index is 12.7. The molecular weight excluding hydrogens is 253 g/mol. The molecule has 1 aromatic carbocycles. The largest absolute Gasteiger partial charge is 0.416 e. The first-order valence-electron chi connectivity index (χ1n) is 6.61. The highest BCUT2D eigenvalue weighted by Gasteiger charge is 2.42. The molecule has 0 saturated heterocycles. The molecule has 0 bridgehead atoms. The Balaban J connectivity index is 1.97. The Labute approximate surface area is 110 Å². The number of nitrogens with one attached hydrogen (secondary N) is 1. The average molecular weight is 270 g/mol. The van der Waals surface area contributed by atoms with Gasteiger partial charge in [0.05, 0.1) is 22.5 Å². The van der Waals surface area contributed by atoms with Crippen molar-refractivity contribution in [2.24, 2.45) is 0 Å².